The van der Waals surface area contributed by atoms with E-state index in [1.165, 1.54) is 4.90 Å². The number of amidine groups is 1. The Labute approximate surface area is 164 Å². The van der Waals surface area contributed by atoms with E-state index in [1.807, 2.05) is 20.8 Å². The van der Waals surface area contributed by atoms with E-state index in [-0.39, 0.29) is 23.5 Å². The van der Waals surface area contributed by atoms with Gasteiger partial charge in [-0.2, -0.15) is 8.42 Å². The second-order valence-electron chi connectivity index (χ2n) is 8.19. The quantitative estimate of drug-likeness (QED) is 0.700. The predicted molar refractivity (Wildman–Crippen MR) is 106 cm³/mol. The molecule has 0 aliphatic carbocycles. The van der Waals surface area contributed by atoms with E-state index in [4.69, 9.17) is 10.5 Å². The number of piperidine rings is 1. The zero-order valence-electron chi connectivity index (χ0n) is 16.2. The molecular weight excluding hydrogens is 384 g/mol. The van der Waals surface area contributed by atoms with Crippen molar-refractivity contribution in [3.8, 4) is 5.75 Å². The summed E-state index contributed by atoms with van der Waals surface area (Å²) in [6, 6.07) is 4.89. The molecule has 1 aromatic carbocycles. The Bertz CT molecular complexity index is 922. The first-order chi connectivity index (χ1) is 13.0. The summed E-state index contributed by atoms with van der Waals surface area (Å²) >= 11 is 0. The Hall–Kier alpha value is -2.49. The van der Waals surface area contributed by atoms with Crippen molar-refractivity contribution in [1.29, 1.82) is 0 Å². The molecule has 0 unspecified atom stereocenters. The SMILES string of the molecule is CC(C)(C)[C@@]1(COc2cccc3c2C(N)=NS(=O)(=O)N3)CCCCN1C(=O)O. The van der Waals surface area contributed by atoms with Crippen LogP contribution in [0.25, 0.3) is 0 Å². The van der Waals surface area contributed by atoms with Gasteiger partial charge in [-0.1, -0.05) is 26.8 Å². The highest BCUT2D eigenvalue weighted by Gasteiger charge is 2.51. The molecule has 9 nitrogen and oxygen atoms in total. The summed E-state index contributed by atoms with van der Waals surface area (Å²) in [4.78, 5) is 13.4. The van der Waals surface area contributed by atoms with Gasteiger partial charge in [-0.05, 0) is 36.8 Å². The molecule has 3 rings (SSSR count). The topological polar surface area (TPSA) is 134 Å². The van der Waals surface area contributed by atoms with Crippen molar-refractivity contribution in [3.05, 3.63) is 23.8 Å². The van der Waals surface area contributed by atoms with Crippen molar-refractivity contribution >= 4 is 27.8 Å². The van der Waals surface area contributed by atoms with E-state index in [0.717, 1.165) is 12.8 Å². The Morgan fingerprint density at radius 3 is 2.75 bits per heavy atom. The van der Waals surface area contributed by atoms with Gasteiger partial charge in [0.2, 0.25) is 0 Å². The molecule has 1 aromatic rings. The fraction of sp³-hybridized carbons (Fsp3) is 0.556. The highest BCUT2D eigenvalue weighted by Crippen LogP contribution is 2.43. The first-order valence-corrected chi connectivity index (χ1v) is 10.6. The van der Waals surface area contributed by atoms with E-state index in [2.05, 4.69) is 9.12 Å². The Morgan fingerprint density at radius 2 is 2.11 bits per heavy atom. The summed E-state index contributed by atoms with van der Waals surface area (Å²) in [6.07, 6.45) is 1.42. The number of fused-ring (bicyclic) bond motifs is 1. The Morgan fingerprint density at radius 1 is 1.39 bits per heavy atom. The molecule has 0 bridgehead atoms. The van der Waals surface area contributed by atoms with Crippen LogP contribution >= 0.6 is 0 Å². The lowest BCUT2D eigenvalue weighted by Gasteiger charge is -2.53. The molecule has 154 valence electrons. The number of hydrogen-bond donors (Lipinski definition) is 3. The number of hydrogen-bond acceptors (Lipinski definition) is 5. The number of nitrogens with zero attached hydrogens (tertiary/aromatic N) is 2. The van der Waals surface area contributed by atoms with Crippen molar-refractivity contribution < 1.29 is 23.1 Å². The van der Waals surface area contributed by atoms with Gasteiger partial charge in [-0.25, -0.2) is 4.79 Å². The summed E-state index contributed by atoms with van der Waals surface area (Å²) in [5, 5.41) is 9.78. The average molecular weight is 410 g/mol. The van der Waals surface area contributed by atoms with Crippen molar-refractivity contribution in [2.75, 3.05) is 17.9 Å². The van der Waals surface area contributed by atoms with Crippen LogP contribution in [0.2, 0.25) is 0 Å². The molecule has 1 amide bonds. The summed E-state index contributed by atoms with van der Waals surface area (Å²) in [5.41, 5.74) is 5.42. The summed E-state index contributed by atoms with van der Waals surface area (Å²) in [7, 11) is -3.88. The number of nitrogens with one attached hydrogen (secondary N) is 1. The minimum atomic E-state index is -3.88. The number of nitrogens with two attached hydrogens (primary N) is 1. The minimum absolute atomic E-state index is 0.124. The van der Waals surface area contributed by atoms with Crippen LogP contribution in [-0.2, 0) is 10.2 Å². The molecule has 2 heterocycles. The molecule has 1 saturated heterocycles. The second-order valence-corrected chi connectivity index (χ2v) is 9.53. The number of rotatable bonds is 3. The fourth-order valence-electron chi connectivity index (χ4n) is 4.00. The number of ether oxygens (including phenoxy) is 1. The van der Waals surface area contributed by atoms with Gasteiger partial charge in [-0.3, -0.25) is 9.62 Å². The van der Waals surface area contributed by atoms with E-state index >= 15 is 0 Å². The number of carbonyl (C=O) groups is 1. The lowest BCUT2D eigenvalue weighted by Crippen LogP contribution is -2.64. The summed E-state index contributed by atoms with van der Waals surface area (Å²) in [5.74, 6) is 0.202. The van der Waals surface area contributed by atoms with Crippen LogP contribution in [0.15, 0.2) is 22.6 Å². The van der Waals surface area contributed by atoms with Gasteiger partial charge in [0.05, 0.1) is 16.8 Å². The smallest absolute Gasteiger partial charge is 0.407 e. The van der Waals surface area contributed by atoms with Crippen molar-refractivity contribution in [1.82, 2.24) is 4.90 Å². The third-order valence-electron chi connectivity index (χ3n) is 5.57. The third kappa shape index (κ3) is 3.48. The van der Waals surface area contributed by atoms with Gasteiger partial charge in [-0.15, -0.1) is 4.40 Å². The van der Waals surface area contributed by atoms with E-state index in [1.54, 1.807) is 18.2 Å². The average Bonchev–Trinajstić information content (AvgIpc) is 2.57. The first-order valence-electron chi connectivity index (χ1n) is 9.12. The monoisotopic (exact) mass is 410 g/mol. The highest BCUT2D eigenvalue weighted by molar-refractivity contribution is 7.91. The maximum Gasteiger partial charge on any atom is 0.407 e. The van der Waals surface area contributed by atoms with Crippen LogP contribution in [0.3, 0.4) is 0 Å². The van der Waals surface area contributed by atoms with Crippen LogP contribution < -0.4 is 15.2 Å². The molecule has 2 aliphatic heterocycles. The van der Waals surface area contributed by atoms with Gasteiger partial charge in [0, 0.05) is 6.54 Å². The lowest BCUT2D eigenvalue weighted by molar-refractivity contribution is -0.0525. The number of likely N-dealkylation sites (tertiary alicyclic amines) is 1. The molecule has 4 N–H and O–H groups in total. The molecule has 0 aromatic heterocycles. The predicted octanol–water partition coefficient (Wildman–Crippen LogP) is 2.39. The third-order valence-corrected chi connectivity index (χ3v) is 6.49. The van der Waals surface area contributed by atoms with Gasteiger partial charge in [0.1, 0.15) is 12.4 Å². The molecule has 0 saturated carbocycles. The Balaban J connectivity index is 1.97. The minimum Gasteiger partial charge on any atom is -0.490 e. The number of anilines is 1. The first kappa shape index (κ1) is 20.2. The molecule has 10 heteroatoms. The van der Waals surface area contributed by atoms with Gasteiger partial charge >= 0.3 is 16.3 Å². The molecule has 0 radical (unpaired) electrons. The fourth-order valence-corrected chi connectivity index (χ4v) is 4.84. The highest BCUT2D eigenvalue weighted by atomic mass is 32.2. The standard InChI is InChI=1S/C18H26N4O5S/c1-17(2,3)18(9-4-5-10-22(18)16(23)24)11-27-13-8-6-7-12-14(13)15(19)21-28(25,26)20-12/h6-8,20H,4-5,9-11H2,1-3H3,(H2,19,21)(H,23,24)/t18-/m0/s1. The number of amides is 1. The molecule has 0 spiro atoms. The largest absolute Gasteiger partial charge is 0.490 e. The summed E-state index contributed by atoms with van der Waals surface area (Å²) in [6.45, 7) is 6.58. The van der Waals surface area contributed by atoms with Crippen LogP contribution in [0.1, 0.15) is 45.6 Å². The van der Waals surface area contributed by atoms with E-state index < -0.39 is 21.8 Å². The van der Waals surface area contributed by atoms with Crippen LogP contribution in [0, 0.1) is 5.41 Å². The van der Waals surface area contributed by atoms with Gasteiger partial charge in [0.25, 0.3) is 0 Å². The summed E-state index contributed by atoms with van der Waals surface area (Å²) < 4.78 is 35.4. The van der Waals surface area contributed by atoms with Gasteiger partial charge < -0.3 is 15.6 Å². The molecule has 1 fully saturated rings. The van der Waals surface area contributed by atoms with Gasteiger partial charge in [0.15, 0.2) is 5.84 Å². The zero-order valence-corrected chi connectivity index (χ0v) is 17.0. The molecular formula is C18H26N4O5S. The van der Waals surface area contributed by atoms with E-state index in [0.29, 0.717) is 24.3 Å². The second kappa shape index (κ2) is 6.84. The maximum atomic E-state index is 11.9. The van der Waals surface area contributed by atoms with Crippen molar-refractivity contribution in [3.63, 3.8) is 0 Å². The van der Waals surface area contributed by atoms with Crippen LogP contribution in [0.4, 0.5) is 10.5 Å². The zero-order chi connectivity index (χ0) is 20.7. The maximum absolute atomic E-state index is 11.9. The van der Waals surface area contributed by atoms with E-state index in [9.17, 15) is 18.3 Å². The van der Waals surface area contributed by atoms with Crippen molar-refractivity contribution in [2.45, 2.75) is 45.6 Å². The molecule has 28 heavy (non-hydrogen) atoms. The normalized spacial score (nSPS) is 24.0. The van der Waals surface area contributed by atoms with Crippen LogP contribution in [-0.4, -0.2) is 49.0 Å². The lowest BCUT2D eigenvalue weighted by atomic mass is 9.68. The van der Waals surface area contributed by atoms with Crippen LogP contribution in [0.5, 0.6) is 5.75 Å². The number of carboxylic acid groups (broad SMARTS) is 1. The molecule has 1 atom stereocenters. The molecule has 2 aliphatic rings. The van der Waals surface area contributed by atoms with Crippen molar-refractivity contribution in [2.24, 2.45) is 15.5 Å². The number of benzene rings is 1. The Kier molecular flexibility index (Phi) is 4.95.